The van der Waals surface area contributed by atoms with E-state index in [2.05, 4.69) is 52.4 Å². The number of aromatic nitrogens is 2. The molecule has 0 spiro atoms. The van der Waals surface area contributed by atoms with E-state index >= 15 is 0 Å². The Balaban J connectivity index is 2.10. The molecule has 2 rings (SSSR count). The molecule has 1 N–H and O–H groups in total. The average Bonchev–Trinajstić information content (AvgIpc) is 2.96. The summed E-state index contributed by atoms with van der Waals surface area (Å²) in [6.45, 7) is 7.44. The van der Waals surface area contributed by atoms with E-state index in [4.69, 9.17) is 0 Å². The fraction of sp³-hybridized carbons (Fsp3) is 0.500. The molecule has 0 bridgehead atoms. The summed E-state index contributed by atoms with van der Waals surface area (Å²) in [6.07, 6.45) is 4.32. The Kier molecular flexibility index (Phi) is 4.42. The van der Waals surface area contributed by atoms with Crippen LogP contribution in [0.3, 0.4) is 0 Å². The molecule has 1 unspecified atom stereocenters. The second-order valence-electron chi connectivity index (χ2n) is 4.67. The molecular formula is C14H21N3S. The average molecular weight is 263 g/mol. The Morgan fingerprint density at radius 3 is 3.00 bits per heavy atom. The molecule has 0 aliphatic rings. The van der Waals surface area contributed by atoms with Gasteiger partial charge in [0.25, 0.3) is 0 Å². The highest BCUT2D eigenvalue weighted by atomic mass is 32.1. The van der Waals surface area contributed by atoms with Crippen LogP contribution in [0, 0.1) is 6.92 Å². The smallest absolute Gasteiger partial charge is 0.203 e. The van der Waals surface area contributed by atoms with Crippen molar-refractivity contribution in [2.45, 2.75) is 39.7 Å². The number of rotatable bonds is 6. The zero-order chi connectivity index (χ0) is 13.0. The lowest BCUT2D eigenvalue weighted by Crippen LogP contribution is -2.12. The van der Waals surface area contributed by atoms with Crippen molar-refractivity contribution in [1.82, 2.24) is 9.55 Å². The van der Waals surface area contributed by atoms with Crippen molar-refractivity contribution >= 4 is 17.3 Å². The molecule has 2 heterocycles. The maximum atomic E-state index is 4.55. The second-order valence-corrected chi connectivity index (χ2v) is 5.70. The zero-order valence-corrected chi connectivity index (χ0v) is 12.1. The van der Waals surface area contributed by atoms with Crippen LogP contribution in [0.2, 0.25) is 0 Å². The molecule has 4 heteroatoms. The molecule has 98 valence electrons. The third-order valence-electron chi connectivity index (χ3n) is 2.94. The minimum absolute atomic E-state index is 0.434. The predicted molar refractivity (Wildman–Crippen MR) is 78.5 cm³/mol. The van der Waals surface area contributed by atoms with Crippen molar-refractivity contribution < 1.29 is 0 Å². The van der Waals surface area contributed by atoms with Crippen LogP contribution in [0.25, 0.3) is 0 Å². The van der Waals surface area contributed by atoms with E-state index in [1.807, 2.05) is 18.3 Å². The number of imidazole rings is 1. The SMILES string of the molecule is CCCNc1nc(C)cn1C(C)Cc1cccs1. The minimum Gasteiger partial charge on any atom is -0.356 e. The van der Waals surface area contributed by atoms with E-state index in [1.54, 1.807) is 0 Å². The highest BCUT2D eigenvalue weighted by molar-refractivity contribution is 7.09. The van der Waals surface area contributed by atoms with Crippen LogP contribution in [0.5, 0.6) is 0 Å². The highest BCUT2D eigenvalue weighted by Crippen LogP contribution is 2.22. The fourth-order valence-corrected chi connectivity index (χ4v) is 2.86. The van der Waals surface area contributed by atoms with E-state index < -0.39 is 0 Å². The molecule has 0 fully saturated rings. The number of hydrogen-bond acceptors (Lipinski definition) is 3. The zero-order valence-electron chi connectivity index (χ0n) is 11.3. The molecule has 0 radical (unpaired) electrons. The Bertz CT molecular complexity index is 473. The molecule has 0 aromatic carbocycles. The quantitative estimate of drug-likeness (QED) is 0.857. The van der Waals surface area contributed by atoms with Crippen LogP contribution in [-0.2, 0) is 6.42 Å². The Morgan fingerprint density at radius 1 is 1.50 bits per heavy atom. The largest absolute Gasteiger partial charge is 0.356 e. The molecule has 0 aliphatic carbocycles. The van der Waals surface area contributed by atoms with E-state index in [9.17, 15) is 0 Å². The van der Waals surface area contributed by atoms with Crippen molar-refractivity contribution in [2.75, 3.05) is 11.9 Å². The van der Waals surface area contributed by atoms with E-state index in [0.717, 1.165) is 31.0 Å². The Morgan fingerprint density at radius 2 is 2.33 bits per heavy atom. The van der Waals surface area contributed by atoms with Gasteiger partial charge in [0.15, 0.2) is 0 Å². The van der Waals surface area contributed by atoms with Crippen molar-refractivity contribution in [1.29, 1.82) is 0 Å². The standard InChI is InChI=1S/C14H21N3S/c1-4-7-15-14-16-11(2)10-17(14)12(3)9-13-6-5-8-18-13/h5-6,8,10,12H,4,7,9H2,1-3H3,(H,15,16). The van der Waals surface area contributed by atoms with Crippen LogP contribution >= 0.6 is 11.3 Å². The molecule has 2 aromatic heterocycles. The first-order chi connectivity index (χ1) is 8.70. The first-order valence-electron chi connectivity index (χ1n) is 6.52. The molecule has 0 amide bonds. The molecular weight excluding hydrogens is 242 g/mol. The number of anilines is 1. The van der Waals surface area contributed by atoms with Crippen LogP contribution in [0.4, 0.5) is 5.95 Å². The first-order valence-corrected chi connectivity index (χ1v) is 7.40. The third kappa shape index (κ3) is 3.13. The minimum atomic E-state index is 0.434. The maximum absolute atomic E-state index is 4.55. The number of aryl methyl sites for hydroxylation is 1. The Hall–Kier alpha value is -1.29. The maximum Gasteiger partial charge on any atom is 0.203 e. The van der Waals surface area contributed by atoms with Crippen molar-refractivity contribution in [3.8, 4) is 0 Å². The summed E-state index contributed by atoms with van der Waals surface area (Å²) in [6, 6.07) is 4.75. The van der Waals surface area contributed by atoms with Gasteiger partial charge < -0.3 is 9.88 Å². The normalized spacial score (nSPS) is 12.6. The van der Waals surface area contributed by atoms with Gasteiger partial charge in [0.05, 0.1) is 5.69 Å². The highest BCUT2D eigenvalue weighted by Gasteiger charge is 2.12. The molecule has 0 saturated heterocycles. The van der Waals surface area contributed by atoms with Gasteiger partial charge in [0, 0.05) is 30.1 Å². The summed E-state index contributed by atoms with van der Waals surface area (Å²) >= 11 is 1.82. The molecule has 18 heavy (non-hydrogen) atoms. The van der Waals surface area contributed by atoms with Gasteiger partial charge in [0.1, 0.15) is 0 Å². The van der Waals surface area contributed by atoms with Gasteiger partial charge in [-0.15, -0.1) is 11.3 Å². The summed E-state index contributed by atoms with van der Waals surface area (Å²) < 4.78 is 2.25. The second kappa shape index (κ2) is 6.05. The summed E-state index contributed by atoms with van der Waals surface area (Å²) in [5.74, 6) is 0.999. The number of nitrogens with one attached hydrogen (secondary N) is 1. The summed E-state index contributed by atoms with van der Waals surface area (Å²) in [5, 5.41) is 5.54. The fourth-order valence-electron chi connectivity index (χ4n) is 2.04. The van der Waals surface area contributed by atoms with Gasteiger partial charge in [0.2, 0.25) is 5.95 Å². The Labute approximate surface area is 113 Å². The number of thiophene rings is 1. The van der Waals surface area contributed by atoms with Crippen molar-refractivity contribution in [3.05, 3.63) is 34.3 Å². The van der Waals surface area contributed by atoms with Crippen LogP contribution in [0.15, 0.2) is 23.7 Å². The molecule has 1 atom stereocenters. The third-order valence-corrected chi connectivity index (χ3v) is 3.84. The summed E-state index contributed by atoms with van der Waals surface area (Å²) in [7, 11) is 0. The van der Waals surface area contributed by atoms with Gasteiger partial charge in [-0.3, -0.25) is 0 Å². The lowest BCUT2D eigenvalue weighted by atomic mass is 10.2. The van der Waals surface area contributed by atoms with E-state index in [-0.39, 0.29) is 0 Å². The number of hydrogen-bond donors (Lipinski definition) is 1. The van der Waals surface area contributed by atoms with Gasteiger partial charge in [-0.2, -0.15) is 0 Å². The molecule has 2 aromatic rings. The lowest BCUT2D eigenvalue weighted by molar-refractivity contribution is 0.552. The van der Waals surface area contributed by atoms with Crippen molar-refractivity contribution in [2.24, 2.45) is 0 Å². The summed E-state index contributed by atoms with van der Waals surface area (Å²) in [4.78, 5) is 5.98. The lowest BCUT2D eigenvalue weighted by Gasteiger charge is -2.16. The van der Waals surface area contributed by atoms with Crippen LogP contribution < -0.4 is 5.32 Å². The number of nitrogens with zero attached hydrogens (tertiary/aromatic N) is 2. The van der Waals surface area contributed by atoms with Gasteiger partial charge in [-0.25, -0.2) is 4.98 Å². The topological polar surface area (TPSA) is 29.9 Å². The van der Waals surface area contributed by atoms with Crippen molar-refractivity contribution in [3.63, 3.8) is 0 Å². The van der Waals surface area contributed by atoms with Gasteiger partial charge in [-0.1, -0.05) is 13.0 Å². The summed E-state index contributed by atoms with van der Waals surface area (Å²) in [5.41, 5.74) is 1.08. The van der Waals surface area contributed by atoms with E-state index in [0.29, 0.717) is 6.04 Å². The first kappa shape index (κ1) is 13.1. The van der Waals surface area contributed by atoms with Gasteiger partial charge >= 0.3 is 0 Å². The molecule has 3 nitrogen and oxygen atoms in total. The van der Waals surface area contributed by atoms with Crippen LogP contribution in [0.1, 0.15) is 36.9 Å². The van der Waals surface area contributed by atoms with Crippen LogP contribution in [-0.4, -0.2) is 16.1 Å². The van der Waals surface area contributed by atoms with E-state index in [1.165, 1.54) is 4.88 Å². The molecule has 0 saturated carbocycles. The monoisotopic (exact) mass is 263 g/mol. The predicted octanol–water partition coefficient (Wildman–Crippen LogP) is 3.88. The van der Waals surface area contributed by atoms with Gasteiger partial charge in [-0.05, 0) is 31.7 Å². The molecule has 0 aliphatic heterocycles.